The van der Waals surface area contributed by atoms with Crippen LogP contribution in [0.3, 0.4) is 0 Å². The lowest BCUT2D eigenvalue weighted by Crippen LogP contribution is -2.26. The van der Waals surface area contributed by atoms with Gasteiger partial charge in [-0.1, -0.05) is 25.1 Å². The summed E-state index contributed by atoms with van der Waals surface area (Å²) in [6.45, 7) is 8.11. The van der Waals surface area contributed by atoms with Crippen molar-refractivity contribution in [1.82, 2.24) is 5.32 Å². The molecule has 84 valence electrons. The number of methoxy groups -OCH3 is 1. The van der Waals surface area contributed by atoms with Gasteiger partial charge in [-0.25, -0.2) is 0 Å². The fourth-order valence-electron chi connectivity index (χ4n) is 2.03. The Bertz CT molecular complexity index is 283. The van der Waals surface area contributed by atoms with Gasteiger partial charge in [0.15, 0.2) is 0 Å². The van der Waals surface area contributed by atoms with Gasteiger partial charge in [-0.2, -0.15) is 0 Å². The first-order valence-corrected chi connectivity index (χ1v) is 5.49. The van der Waals surface area contributed by atoms with E-state index >= 15 is 0 Å². The zero-order valence-corrected chi connectivity index (χ0v) is 10.1. The molecule has 0 aromatic heterocycles. The van der Waals surface area contributed by atoms with Crippen LogP contribution < -0.4 is 5.32 Å². The first kappa shape index (κ1) is 12.2. The minimum Gasteiger partial charge on any atom is -0.383 e. The molecule has 0 aliphatic rings. The fourth-order valence-corrected chi connectivity index (χ4v) is 2.03. The van der Waals surface area contributed by atoms with Crippen LogP contribution in [0.25, 0.3) is 0 Å². The summed E-state index contributed by atoms with van der Waals surface area (Å²) in [6.07, 6.45) is 0. The lowest BCUT2D eigenvalue weighted by atomic mass is 9.96. The predicted octanol–water partition coefficient (Wildman–Crippen LogP) is 2.60. The normalized spacial score (nSPS) is 12.8. The molecule has 2 nitrogen and oxygen atoms in total. The fraction of sp³-hybridized carbons (Fsp3) is 0.538. The molecule has 0 spiro atoms. The Morgan fingerprint density at radius 1 is 1.27 bits per heavy atom. The molecule has 1 atom stereocenters. The molecule has 0 amide bonds. The Hall–Kier alpha value is -0.860. The Kier molecular flexibility index (Phi) is 4.79. The molecule has 0 radical (unpaired) electrons. The molecule has 1 aromatic carbocycles. The molecule has 1 rings (SSSR count). The highest BCUT2D eigenvalue weighted by Gasteiger charge is 2.14. The van der Waals surface area contributed by atoms with E-state index in [2.05, 4.69) is 44.3 Å². The Balaban J connectivity index is 2.98. The largest absolute Gasteiger partial charge is 0.383 e. The molecule has 0 aliphatic heterocycles. The van der Waals surface area contributed by atoms with Gasteiger partial charge in [0, 0.05) is 7.11 Å². The van der Waals surface area contributed by atoms with E-state index in [1.54, 1.807) is 7.11 Å². The minimum atomic E-state index is 0.307. The molecule has 1 N–H and O–H groups in total. The number of ether oxygens (including phenoxy) is 1. The van der Waals surface area contributed by atoms with Crippen LogP contribution in [0.1, 0.15) is 29.7 Å². The van der Waals surface area contributed by atoms with Gasteiger partial charge >= 0.3 is 0 Å². The van der Waals surface area contributed by atoms with Crippen LogP contribution in [0.2, 0.25) is 0 Å². The molecule has 0 saturated carbocycles. The first-order valence-electron chi connectivity index (χ1n) is 5.49. The molecular formula is C13H21NO. The van der Waals surface area contributed by atoms with E-state index < -0.39 is 0 Å². The average molecular weight is 207 g/mol. The van der Waals surface area contributed by atoms with E-state index in [0.29, 0.717) is 6.04 Å². The third-order valence-corrected chi connectivity index (χ3v) is 2.67. The van der Waals surface area contributed by atoms with Crippen LogP contribution in [0.5, 0.6) is 0 Å². The number of aryl methyl sites for hydroxylation is 2. The van der Waals surface area contributed by atoms with Crippen molar-refractivity contribution in [3.8, 4) is 0 Å². The quantitative estimate of drug-likeness (QED) is 0.801. The van der Waals surface area contributed by atoms with Crippen molar-refractivity contribution in [2.75, 3.05) is 20.3 Å². The van der Waals surface area contributed by atoms with E-state index in [0.717, 1.165) is 13.2 Å². The van der Waals surface area contributed by atoms with Crippen LogP contribution in [0.4, 0.5) is 0 Å². The van der Waals surface area contributed by atoms with Crippen molar-refractivity contribution in [3.05, 3.63) is 34.9 Å². The number of nitrogens with one attached hydrogen (secondary N) is 1. The maximum absolute atomic E-state index is 5.26. The van der Waals surface area contributed by atoms with Gasteiger partial charge in [0.2, 0.25) is 0 Å². The summed E-state index contributed by atoms with van der Waals surface area (Å²) >= 11 is 0. The zero-order valence-electron chi connectivity index (χ0n) is 10.1. The molecular weight excluding hydrogens is 186 g/mol. The Morgan fingerprint density at radius 3 is 2.33 bits per heavy atom. The van der Waals surface area contributed by atoms with Crippen LogP contribution in [0, 0.1) is 13.8 Å². The van der Waals surface area contributed by atoms with Crippen molar-refractivity contribution < 1.29 is 4.74 Å². The standard InChI is InChI=1S/C13H21NO/c1-5-14-12(9-15-4)13-10(2)7-6-8-11(13)3/h6-8,12,14H,5,9H2,1-4H3. The third kappa shape index (κ3) is 3.05. The smallest absolute Gasteiger partial charge is 0.0657 e. The van der Waals surface area contributed by atoms with Crippen molar-refractivity contribution in [2.45, 2.75) is 26.8 Å². The first-order chi connectivity index (χ1) is 7.20. The molecule has 15 heavy (non-hydrogen) atoms. The Labute approximate surface area is 92.6 Å². The van der Waals surface area contributed by atoms with E-state index in [-0.39, 0.29) is 0 Å². The molecule has 0 aliphatic carbocycles. The number of likely N-dealkylation sites (N-methyl/N-ethyl adjacent to an activating group) is 1. The third-order valence-electron chi connectivity index (χ3n) is 2.67. The molecule has 0 heterocycles. The van der Waals surface area contributed by atoms with E-state index in [1.165, 1.54) is 16.7 Å². The molecule has 2 heteroatoms. The van der Waals surface area contributed by atoms with Crippen molar-refractivity contribution >= 4 is 0 Å². The van der Waals surface area contributed by atoms with Gasteiger partial charge in [-0.3, -0.25) is 0 Å². The zero-order chi connectivity index (χ0) is 11.3. The summed E-state index contributed by atoms with van der Waals surface area (Å²) in [6, 6.07) is 6.72. The van der Waals surface area contributed by atoms with Gasteiger partial charge in [0.05, 0.1) is 12.6 Å². The van der Waals surface area contributed by atoms with Crippen LogP contribution in [-0.4, -0.2) is 20.3 Å². The second-order valence-electron chi connectivity index (χ2n) is 3.87. The highest BCUT2D eigenvalue weighted by atomic mass is 16.5. The highest BCUT2D eigenvalue weighted by Crippen LogP contribution is 2.21. The number of hydrogen-bond acceptors (Lipinski definition) is 2. The van der Waals surface area contributed by atoms with E-state index in [4.69, 9.17) is 4.74 Å². The summed E-state index contributed by atoms with van der Waals surface area (Å²) < 4.78 is 5.26. The monoisotopic (exact) mass is 207 g/mol. The molecule has 0 bridgehead atoms. The molecule has 0 saturated heterocycles. The summed E-state index contributed by atoms with van der Waals surface area (Å²) in [4.78, 5) is 0. The molecule has 0 fully saturated rings. The van der Waals surface area contributed by atoms with Crippen LogP contribution >= 0.6 is 0 Å². The van der Waals surface area contributed by atoms with Crippen LogP contribution in [-0.2, 0) is 4.74 Å². The van der Waals surface area contributed by atoms with E-state index in [1.807, 2.05) is 0 Å². The van der Waals surface area contributed by atoms with Gasteiger partial charge in [-0.15, -0.1) is 0 Å². The second-order valence-corrected chi connectivity index (χ2v) is 3.87. The van der Waals surface area contributed by atoms with Gasteiger partial charge in [-0.05, 0) is 37.1 Å². The SMILES string of the molecule is CCNC(COC)c1c(C)cccc1C. The molecule has 1 aromatic rings. The number of benzene rings is 1. The van der Waals surface area contributed by atoms with Crippen molar-refractivity contribution in [2.24, 2.45) is 0 Å². The van der Waals surface area contributed by atoms with Crippen molar-refractivity contribution in [3.63, 3.8) is 0 Å². The number of hydrogen-bond donors (Lipinski definition) is 1. The predicted molar refractivity (Wildman–Crippen MR) is 64.2 cm³/mol. The van der Waals surface area contributed by atoms with Gasteiger partial charge in [0.25, 0.3) is 0 Å². The summed E-state index contributed by atoms with van der Waals surface area (Å²) in [7, 11) is 1.75. The highest BCUT2D eigenvalue weighted by molar-refractivity contribution is 5.36. The van der Waals surface area contributed by atoms with Crippen molar-refractivity contribution in [1.29, 1.82) is 0 Å². The molecule has 1 unspecified atom stereocenters. The maximum atomic E-state index is 5.26. The van der Waals surface area contributed by atoms with Gasteiger partial charge < -0.3 is 10.1 Å². The van der Waals surface area contributed by atoms with Gasteiger partial charge in [0.1, 0.15) is 0 Å². The summed E-state index contributed by atoms with van der Waals surface area (Å²) in [5.41, 5.74) is 4.04. The topological polar surface area (TPSA) is 21.3 Å². The van der Waals surface area contributed by atoms with Crippen LogP contribution in [0.15, 0.2) is 18.2 Å². The lowest BCUT2D eigenvalue weighted by molar-refractivity contribution is 0.167. The number of rotatable bonds is 5. The summed E-state index contributed by atoms with van der Waals surface area (Å²) in [5, 5.41) is 3.46. The second kappa shape index (κ2) is 5.89. The Morgan fingerprint density at radius 2 is 1.87 bits per heavy atom. The lowest BCUT2D eigenvalue weighted by Gasteiger charge is -2.21. The maximum Gasteiger partial charge on any atom is 0.0657 e. The minimum absolute atomic E-state index is 0.307. The summed E-state index contributed by atoms with van der Waals surface area (Å²) in [5.74, 6) is 0. The van der Waals surface area contributed by atoms with E-state index in [9.17, 15) is 0 Å². The average Bonchev–Trinajstić information content (AvgIpc) is 2.18.